The van der Waals surface area contributed by atoms with E-state index in [1.165, 1.54) is 24.5 Å². The van der Waals surface area contributed by atoms with Crippen LogP contribution in [0.15, 0.2) is 22.7 Å². The van der Waals surface area contributed by atoms with Crippen molar-refractivity contribution in [3.63, 3.8) is 0 Å². The summed E-state index contributed by atoms with van der Waals surface area (Å²) in [4.78, 5) is 0. The summed E-state index contributed by atoms with van der Waals surface area (Å²) in [7, 11) is 0. The SMILES string of the molecule is CCNC(Cc1ccc(F)cc1Br)C(CC)CC. The summed E-state index contributed by atoms with van der Waals surface area (Å²) in [5, 5.41) is 3.56. The lowest BCUT2D eigenvalue weighted by atomic mass is 9.89. The Labute approximate surface area is 118 Å². The van der Waals surface area contributed by atoms with E-state index in [1.54, 1.807) is 6.07 Å². The van der Waals surface area contributed by atoms with Crippen molar-refractivity contribution < 1.29 is 4.39 Å². The average molecular weight is 316 g/mol. The Bertz CT molecular complexity index is 364. The lowest BCUT2D eigenvalue weighted by Gasteiger charge is -2.26. The molecule has 0 aliphatic rings. The fourth-order valence-corrected chi connectivity index (χ4v) is 2.96. The van der Waals surface area contributed by atoms with Gasteiger partial charge >= 0.3 is 0 Å². The van der Waals surface area contributed by atoms with Gasteiger partial charge in [-0.25, -0.2) is 4.39 Å². The van der Waals surface area contributed by atoms with Crippen molar-refractivity contribution in [3.8, 4) is 0 Å². The fraction of sp³-hybridized carbons (Fsp3) is 0.600. The molecule has 0 aliphatic heterocycles. The van der Waals surface area contributed by atoms with Gasteiger partial charge in [-0.2, -0.15) is 0 Å². The molecule has 0 fully saturated rings. The summed E-state index contributed by atoms with van der Waals surface area (Å²) >= 11 is 3.45. The van der Waals surface area contributed by atoms with Gasteiger partial charge in [0.05, 0.1) is 0 Å². The Kier molecular flexibility index (Phi) is 6.87. The van der Waals surface area contributed by atoms with Crippen LogP contribution in [0.5, 0.6) is 0 Å². The molecule has 1 nitrogen and oxygen atoms in total. The topological polar surface area (TPSA) is 12.0 Å². The van der Waals surface area contributed by atoms with Crippen molar-refractivity contribution in [3.05, 3.63) is 34.1 Å². The van der Waals surface area contributed by atoms with Gasteiger partial charge in [0.1, 0.15) is 5.82 Å². The maximum absolute atomic E-state index is 13.1. The van der Waals surface area contributed by atoms with Gasteiger partial charge < -0.3 is 5.32 Å². The highest BCUT2D eigenvalue weighted by atomic mass is 79.9. The average Bonchev–Trinajstić information content (AvgIpc) is 2.34. The minimum Gasteiger partial charge on any atom is -0.314 e. The van der Waals surface area contributed by atoms with E-state index in [9.17, 15) is 4.39 Å². The second kappa shape index (κ2) is 7.90. The lowest BCUT2D eigenvalue weighted by Crippen LogP contribution is -2.37. The third kappa shape index (κ3) is 4.36. The van der Waals surface area contributed by atoms with Gasteiger partial charge in [-0.1, -0.05) is 55.6 Å². The summed E-state index contributed by atoms with van der Waals surface area (Å²) < 4.78 is 13.9. The van der Waals surface area contributed by atoms with Crippen LogP contribution in [0.1, 0.15) is 39.2 Å². The van der Waals surface area contributed by atoms with E-state index >= 15 is 0 Å². The molecular formula is C15H23BrFN. The standard InChI is InChI=1S/C15H23BrFN/c1-4-11(5-2)15(18-6-3)9-12-7-8-13(17)10-14(12)16/h7-8,10-11,15,18H,4-6,9H2,1-3H3. The van der Waals surface area contributed by atoms with Crippen LogP contribution in [-0.2, 0) is 6.42 Å². The maximum Gasteiger partial charge on any atom is 0.124 e. The number of hydrogen-bond donors (Lipinski definition) is 1. The molecule has 0 amide bonds. The highest BCUT2D eigenvalue weighted by Gasteiger charge is 2.18. The first-order chi connectivity index (χ1) is 8.62. The first-order valence-electron chi connectivity index (χ1n) is 6.79. The molecule has 1 N–H and O–H groups in total. The van der Waals surface area contributed by atoms with E-state index < -0.39 is 0 Å². The Morgan fingerprint density at radius 2 is 1.89 bits per heavy atom. The van der Waals surface area contributed by atoms with Crippen LogP contribution >= 0.6 is 15.9 Å². The molecule has 102 valence electrons. The van der Waals surface area contributed by atoms with Crippen LogP contribution in [0, 0.1) is 11.7 Å². The summed E-state index contributed by atoms with van der Waals surface area (Å²) in [5.41, 5.74) is 1.18. The van der Waals surface area contributed by atoms with Gasteiger partial charge in [0.25, 0.3) is 0 Å². The van der Waals surface area contributed by atoms with Crippen molar-refractivity contribution >= 4 is 15.9 Å². The molecule has 0 spiro atoms. The molecule has 1 atom stereocenters. The van der Waals surface area contributed by atoms with Gasteiger partial charge in [-0.3, -0.25) is 0 Å². The van der Waals surface area contributed by atoms with E-state index in [1.807, 2.05) is 6.07 Å². The Morgan fingerprint density at radius 3 is 2.39 bits per heavy atom. The largest absolute Gasteiger partial charge is 0.314 e. The molecule has 3 heteroatoms. The molecule has 0 bridgehead atoms. The van der Waals surface area contributed by atoms with E-state index in [4.69, 9.17) is 0 Å². The molecule has 0 aliphatic carbocycles. The predicted molar refractivity (Wildman–Crippen MR) is 79.3 cm³/mol. The number of halogens is 2. The zero-order chi connectivity index (χ0) is 13.5. The Morgan fingerprint density at radius 1 is 1.22 bits per heavy atom. The Hall–Kier alpha value is -0.410. The number of hydrogen-bond acceptors (Lipinski definition) is 1. The molecular weight excluding hydrogens is 293 g/mol. The number of benzene rings is 1. The van der Waals surface area contributed by atoms with E-state index in [2.05, 4.69) is 42.0 Å². The van der Waals surface area contributed by atoms with Crippen molar-refractivity contribution in [1.29, 1.82) is 0 Å². The quantitative estimate of drug-likeness (QED) is 0.778. The fourth-order valence-electron chi connectivity index (χ4n) is 2.45. The van der Waals surface area contributed by atoms with E-state index in [0.717, 1.165) is 17.4 Å². The van der Waals surface area contributed by atoms with Crippen LogP contribution in [0.4, 0.5) is 4.39 Å². The van der Waals surface area contributed by atoms with E-state index in [-0.39, 0.29) is 5.82 Å². The monoisotopic (exact) mass is 315 g/mol. The molecule has 18 heavy (non-hydrogen) atoms. The molecule has 0 saturated heterocycles. The summed E-state index contributed by atoms with van der Waals surface area (Å²) in [6, 6.07) is 5.43. The maximum atomic E-state index is 13.1. The molecule has 0 radical (unpaired) electrons. The van der Waals surface area contributed by atoms with Gasteiger partial charge in [0.15, 0.2) is 0 Å². The van der Waals surface area contributed by atoms with Crippen molar-refractivity contribution in [2.24, 2.45) is 5.92 Å². The van der Waals surface area contributed by atoms with Crippen LogP contribution < -0.4 is 5.32 Å². The smallest absolute Gasteiger partial charge is 0.124 e. The van der Waals surface area contributed by atoms with Crippen LogP contribution in [0.3, 0.4) is 0 Å². The second-order valence-corrected chi connectivity index (χ2v) is 5.53. The van der Waals surface area contributed by atoms with Crippen LogP contribution in [-0.4, -0.2) is 12.6 Å². The minimum atomic E-state index is -0.187. The number of likely N-dealkylation sites (N-methyl/N-ethyl adjacent to an activating group) is 1. The van der Waals surface area contributed by atoms with Gasteiger partial charge in [-0.05, 0) is 36.6 Å². The minimum absolute atomic E-state index is 0.187. The van der Waals surface area contributed by atoms with Gasteiger partial charge in [0.2, 0.25) is 0 Å². The first kappa shape index (κ1) is 15.6. The first-order valence-corrected chi connectivity index (χ1v) is 7.58. The summed E-state index contributed by atoms with van der Waals surface area (Å²) in [5.74, 6) is 0.482. The zero-order valence-electron chi connectivity index (χ0n) is 11.5. The van der Waals surface area contributed by atoms with E-state index in [0.29, 0.717) is 12.0 Å². The number of rotatable bonds is 7. The lowest BCUT2D eigenvalue weighted by molar-refractivity contribution is 0.336. The molecule has 1 aromatic carbocycles. The molecule has 0 aromatic heterocycles. The Balaban J connectivity index is 2.82. The third-order valence-electron chi connectivity index (χ3n) is 3.54. The molecule has 0 heterocycles. The zero-order valence-corrected chi connectivity index (χ0v) is 13.1. The highest BCUT2D eigenvalue weighted by molar-refractivity contribution is 9.10. The molecule has 1 unspecified atom stereocenters. The molecule has 1 rings (SSSR count). The number of nitrogens with one attached hydrogen (secondary N) is 1. The summed E-state index contributed by atoms with van der Waals surface area (Å²) in [6.45, 7) is 7.57. The van der Waals surface area contributed by atoms with Gasteiger partial charge in [-0.15, -0.1) is 0 Å². The third-order valence-corrected chi connectivity index (χ3v) is 4.28. The molecule has 0 saturated carbocycles. The van der Waals surface area contributed by atoms with Crippen LogP contribution in [0.2, 0.25) is 0 Å². The predicted octanol–water partition coefficient (Wildman–Crippen LogP) is 4.55. The normalized spacial score (nSPS) is 13.0. The highest BCUT2D eigenvalue weighted by Crippen LogP contribution is 2.23. The molecule has 1 aromatic rings. The summed E-state index contributed by atoms with van der Waals surface area (Å²) in [6.07, 6.45) is 3.29. The van der Waals surface area contributed by atoms with Crippen molar-refractivity contribution in [2.75, 3.05) is 6.54 Å². The second-order valence-electron chi connectivity index (χ2n) is 4.68. The van der Waals surface area contributed by atoms with Crippen molar-refractivity contribution in [1.82, 2.24) is 5.32 Å². The van der Waals surface area contributed by atoms with Crippen LogP contribution in [0.25, 0.3) is 0 Å². The van der Waals surface area contributed by atoms with Crippen molar-refractivity contribution in [2.45, 2.75) is 46.1 Å². The van der Waals surface area contributed by atoms with Gasteiger partial charge in [0, 0.05) is 10.5 Å².